The topological polar surface area (TPSA) is 133 Å². The second-order valence-corrected chi connectivity index (χ2v) is 10.5. The number of rotatable bonds is 3. The lowest BCUT2D eigenvalue weighted by Crippen LogP contribution is -2.29. The van der Waals surface area contributed by atoms with Gasteiger partial charge in [-0.3, -0.25) is 4.68 Å². The molecule has 2 aromatic carbocycles. The Morgan fingerprint density at radius 3 is 2.83 bits per heavy atom. The molecule has 0 amide bonds. The van der Waals surface area contributed by atoms with E-state index in [4.69, 9.17) is 9.72 Å². The Bertz CT molecular complexity index is 1540. The summed E-state index contributed by atoms with van der Waals surface area (Å²) in [6.45, 7) is 2.34. The van der Waals surface area contributed by atoms with Gasteiger partial charge in [0.05, 0.1) is 43.1 Å². The van der Waals surface area contributed by atoms with E-state index >= 15 is 0 Å². The Labute approximate surface area is 239 Å². The van der Waals surface area contributed by atoms with Crippen LogP contribution in [-0.4, -0.2) is 51.2 Å². The van der Waals surface area contributed by atoms with Crippen LogP contribution in [0.15, 0.2) is 61.1 Å². The van der Waals surface area contributed by atoms with Crippen molar-refractivity contribution in [1.29, 1.82) is 5.26 Å². The summed E-state index contributed by atoms with van der Waals surface area (Å²) in [6, 6.07) is 15.7. The number of aromatic nitrogens is 4. The summed E-state index contributed by atoms with van der Waals surface area (Å²) >= 11 is 0. The van der Waals surface area contributed by atoms with E-state index in [1.165, 1.54) is 0 Å². The number of ether oxygens (including phenoxy) is 1. The van der Waals surface area contributed by atoms with Gasteiger partial charge in [-0.15, -0.1) is 0 Å². The number of para-hydroxylation sites is 1. The molecule has 4 aromatic rings. The lowest BCUT2D eigenvalue weighted by atomic mass is 10.0. The lowest BCUT2D eigenvalue weighted by molar-refractivity contribution is 0.265. The molecule has 4 heterocycles. The summed E-state index contributed by atoms with van der Waals surface area (Å²) < 4.78 is 8.23. The maximum absolute atomic E-state index is 10.5. The zero-order valence-corrected chi connectivity index (χ0v) is 22.9. The van der Waals surface area contributed by atoms with Crippen LogP contribution in [-0.2, 0) is 6.42 Å². The van der Waals surface area contributed by atoms with Gasteiger partial charge >= 0.3 is 0 Å². The molecule has 1 saturated heterocycles. The number of nitrogens with one attached hydrogen (secondary N) is 3. The van der Waals surface area contributed by atoms with Crippen LogP contribution in [0.3, 0.4) is 0 Å². The van der Waals surface area contributed by atoms with Gasteiger partial charge in [-0.1, -0.05) is 18.2 Å². The first-order chi connectivity index (χ1) is 20.2. The molecule has 0 aliphatic carbocycles. The molecule has 1 atom stereocenters. The van der Waals surface area contributed by atoms with Gasteiger partial charge in [0.15, 0.2) is 0 Å². The van der Waals surface area contributed by atoms with Gasteiger partial charge in [0.25, 0.3) is 0 Å². The Hall–Kier alpha value is -4.46. The molecule has 41 heavy (non-hydrogen) atoms. The van der Waals surface area contributed by atoms with Crippen molar-refractivity contribution in [3.8, 4) is 22.9 Å². The molecular weight excluding hydrogens is 516 g/mol. The third-order valence-electron chi connectivity index (χ3n) is 7.75. The van der Waals surface area contributed by atoms with E-state index in [1.54, 1.807) is 6.20 Å². The number of nitrogens with zero attached hydrogens (tertiary/aromatic N) is 5. The molecule has 210 valence electrons. The number of anilines is 3. The number of piperidine rings is 1. The number of nitriles is 1. The highest BCUT2D eigenvalue weighted by molar-refractivity contribution is 5.75. The van der Waals surface area contributed by atoms with Gasteiger partial charge in [-0.25, -0.2) is 4.98 Å². The first-order valence-corrected chi connectivity index (χ1v) is 14.2. The summed E-state index contributed by atoms with van der Waals surface area (Å²) in [5, 5.41) is 35.0. The smallest absolute Gasteiger partial charge is 0.229 e. The zero-order chi connectivity index (χ0) is 28.0. The third kappa shape index (κ3) is 6.01. The Morgan fingerprint density at radius 2 is 1.98 bits per heavy atom. The van der Waals surface area contributed by atoms with Gasteiger partial charge < -0.3 is 25.8 Å². The van der Waals surface area contributed by atoms with Crippen LogP contribution >= 0.6 is 0 Å². The van der Waals surface area contributed by atoms with Gasteiger partial charge in [-0.05, 0) is 75.0 Å². The fourth-order valence-corrected chi connectivity index (χ4v) is 5.51. The minimum Gasteiger partial charge on any atom is -0.493 e. The minimum absolute atomic E-state index is 0.153. The van der Waals surface area contributed by atoms with E-state index in [-0.39, 0.29) is 6.61 Å². The molecule has 2 aromatic heterocycles. The highest BCUT2D eigenvalue weighted by atomic mass is 16.5. The summed E-state index contributed by atoms with van der Waals surface area (Å²) in [7, 11) is 0. The highest BCUT2D eigenvalue weighted by Gasteiger charge is 2.22. The zero-order valence-electron chi connectivity index (χ0n) is 22.9. The predicted octanol–water partition coefficient (Wildman–Crippen LogP) is 4.74. The van der Waals surface area contributed by atoms with Crippen LogP contribution in [0, 0.1) is 11.3 Å². The van der Waals surface area contributed by atoms with E-state index in [1.807, 2.05) is 53.3 Å². The molecule has 0 saturated carbocycles. The van der Waals surface area contributed by atoms with Crippen LogP contribution in [0.2, 0.25) is 0 Å². The average molecular weight is 551 g/mol. The van der Waals surface area contributed by atoms with E-state index < -0.39 is 6.04 Å². The fourth-order valence-electron chi connectivity index (χ4n) is 5.51. The molecule has 0 unspecified atom stereocenters. The average Bonchev–Trinajstić information content (AvgIpc) is 3.50. The van der Waals surface area contributed by atoms with Crippen molar-refractivity contribution in [3.05, 3.63) is 77.7 Å². The van der Waals surface area contributed by atoms with Crippen LogP contribution < -0.4 is 20.7 Å². The summed E-state index contributed by atoms with van der Waals surface area (Å²) in [5.41, 5.74) is 4.99. The lowest BCUT2D eigenvalue weighted by Gasteiger charge is -2.23. The van der Waals surface area contributed by atoms with E-state index in [2.05, 4.69) is 38.3 Å². The van der Waals surface area contributed by atoms with Gasteiger partial charge in [-0.2, -0.15) is 15.3 Å². The molecule has 2 aliphatic rings. The first kappa shape index (κ1) is 26.7. The monoisotopic (exact) mass is 550 g/mol. The molecule has 0 radical (unpaired) electrons. The molecule has 10 heteroatoms. The minimum atomic E-state index is -0.457. The number of aliphatic hydroxyl groups is 1. The van der Waals surface area contributed by atoms with Gasteiger partial charge in [0.1, 0.15) is 11.6 Å². The second-order valence-electron chi connectivity index (χ2n) is 10.5. The third-order valence-corrected chi connectivity index (χ3v) is 7.75. The standard InChI is InChI=1S/C31H34N8O2/c32-16-22-8-9-24-15-21(22)5-3-4-14-41-29-7-2-1-6-26(29)28(20-40)37-30-27(18-34-31(36-24)38-30)23-17-35-39(19-23)25-10-12-33-13-11-25/h1-2,6-9,15,17-19,25,28,33,40H,3-5,10-14,20H2,(H2,34,36,37,38)/t28-/m1/s1. The van der Waals surface area contributed by atoms with Crippen molar-refractivity contribution in [3.63, 3.8) is 0 Å². The quantitative estimate of drug-likeness (QED) is 0.285. The van der Waals surface area contributed by atoms with Crippen molar-refractivity contribution >= 4 is 17.5 Å². The van der Waals surface area contributed by atoms with Crippen molar-refractivity contribution in [1.82, 2.24) is 25.1 Å². The van der Waals surface area contributed by atoms with Crippen LogP contribution in [0.1, 0.15) is 54.5 Å². The molecule has 0 spiro atoms. The van der Waals surface area contributed by atoms with Crippen molar-refractivity contribution in [2.24, 2.45) is 0 Å². The summed E-state index contributed by atoms with van der Waals surface area (Å²) in [5.74, 6) is 1.70. The van der Waals surface area contributed by atoms with Crippen molar-refractivity contribution in [2.75, 3.05) is 36.9 Å². The Balaban J connectivity index is 1.41. The second kappa shape index (κ2) is 12.4. The van der Waals surface area contributed by atoms with E-state index in [9.17, 15) is 10.4 Å². The van der Waals surface area contributed by atoms with Gasteiger partial charge in [0.2, 0.25) is 5.95 Å². The van der Waals surface area contributed by atoms with Crippen molar-refractivity contribution in [2.45, 2.75) is 44.2 Å². The predicted molar refractivity (Wildman–Crippen MR) is 157 cm³/mol. The van der Waals surface area contributed by atoms with Gasteiger partial charge in [0, 0.05) is 34.8 Å². The van der Waals surface area contributed by atoms with Crippen LogP contribution in [0.25, 0.3) is 11.1 Å². The maximum atomic E-state index is 10.5. The fraction of sp³-hybridized carbons (Fsp3) is 0.355. The molecule has 1 fully saturated rings. The number of aliphatic hydroxyl groups excluding tert-OH is 1. The van der Waals surface area contributed by atoms with Crippen LogP contribution in [0.5, 0.6) is 5.75 Å². The number of hydrogen-bond acceptors (Lipinski definition) is 9. The maximum Gasteiger partial charge on any atom is 0.229 e. The number of aryl methyl sites for hydroxylation is 1. The molecule has 4 N–H and O–H groups in total. The van der Waals surface area contributed by atoms with Crippen LogP contribution in [0.4, 0.5) is 17.5 Å². The molecule has 10 nitrogen and oxygen atoms in total. The molecule has 4 bridgehead atoms. The summed E-state index contributed by atoms with van der Waals surface area (Å²) in [6.07, 6.45) is 10.2. The van der Waals surface area contributed by atoms with Crippen molar-refractivity contribution < 1.29 is 9.84 Å². The number of fused-ring (bicyclic) bond motifs is 5. The SMILES string of the molecule is N#Cc1ccc2cc1CCCCOc1ccccc1[C@@H](CO)Nc1nc(ncc1-c1cnn(C3CCNCC3)c1)N2. The summed E-state index contributed by atoms with van der Waals surface area (Å²) in [4.78, 5) is 9.51. The number of benzene rings is 2. The first-order valence-electron chi connectivity index (χ1n) is 14.2. The molecule has 6 rings (SSSR count). The normalized spacial score (nSPS) is 17.8. The highest BCUT2D eigenvalue weighted by Crippen LogP contribution is 2.34. The van der Waals surface area contributed by atoms with E-state index in [0.29, 0.717) is 30.0 Å². The Morgan fingerprint density at radius 1 is 1.10 bits per heavy atom. The Kier molecular flexibility index (Phi) is 8.07. The largest absolute Gasteiger partial charge is 0.493 e. The number of hydrogen-bond donors (Lipinski definition) is 4. The molecular formula is C31H34N8O2. The van der Waals surface area contributed by atoms with E-state index in [0.717, 1.165) is 78.9 Å². The molecule has 2 aliphatic heterocycles.